The van der Waals surface area contributed by atoms with E-state index in [9.17, 15) is 9.59 Å². The van der Waals surface area contributed by atoms with Crippen LogP contribution in [-0.2, 0) is 19.1 Å². The topological polar surface area (TPSA) is 76.1 Å². The van der Waals surface area contributed by atoms with Crippen molar-refractivity contribution in [3.63, 3.8) is 0 Å². The van der Waals surface area contributed by atoms with Crippen molar-refractivity contribution in [2.45, 2.75) is 37.9 Å². The summed E-state index contributed by atoms with van der Waals surface area (Å²) in [5, 5.41) is 8.85. The molecule has 0 spiro atoms. The Bertz CT molecular complexity index is 340. The standard InChI is InChI=1S/C13H21NO5/c1-14(8-9-4-6-18-7-5-9)12(15)10-2-3-11(19-10)13(16)17/h9-11H,2-8H2,1H3,(H,16,17)/t10-,11+/m0/s1. The van der Waals surface area contributed by atoms with Crippen LogP contribution in [-0.4, -0.2) is 60.9 Å². The van der Waals surface area contributed by atoms with E-state index >= 15 is 0 Å². The molecule has 19 heavy (non-hydrogen) atoms. The summed E-state index contributed by atoms with van der Waals surface area (Å²) >= 11 is 0. The average Bonchev–Trinajstić information content (AvgIpc) is 2.88. The maximum Gasteiger partial charge on any atom is 0.332 e. The molecule has 0 saturated carbocycles. The highest BCUT2D eigenvalue weighted by Crippen LogP contribution is 2.22. The van der Waals surface area contributed by atoms with Crippen LogP contribution in [0.2, 0.25) is 0 Å². The molecule has 2 saturated heterocycles. The summed E-state index contributed by atoms with van der Waals surface area (Å²) in [5.41, 5.74) is 0. The number of aliphatic carboxylic acids is 1. The van der Waals surface area contributed by atoms with Gasteiger partial charge in [-0.2, -0.15) is 0 Å². The average molecular weight is 271 g/mol. The van der Waals surface area contributed by atoms with E-state index in [2.05, 4.69) is 0 Å². The zero-order chi connectivity index (χ0) is 13.8. The lowest BCUT2D eigenvalue weighted by Gasteiger charge is -2.28. The van der Waals surface area contributed by atoms with Crippen molar-refractivity contribution in [3.8, 4) is 0 Å². The number of carboxylic acids is 1. The van der Waals surface area contributed by atoms with E-state index in [4.69, 9.17) is 14.6 Å². The van der Waals surface area contributed by atoms with Crippen LogP contribution in [0.15, 0.2) is 0 Å². The van der Waals surface area contributed by atoms with Crippen LogP contribution in [0, 0.1) is 5.92 Å². The number of carbonyl (C=O) groups excluding carboxylic acids is 1. The van der Waals surface area contributed by atoms with Crippen LogP contribution >= 0.6 is 0 Å². The molecule has 0 bridgehead atoms. The molecule has 6 nitrogen and oxygen atoms in total. The second-order valence-electron chi connectivity index (χ2n) is 5.30. The molecule has 6 heteroatoms. The van der Waals surface area contributed by atoms with E-state index < -0.39 is 18.2 Å². The van der Waals surface area contributed by atoms with Gasteiger partial charge in [0.1, 0.15) is 6.10 Å². The fraction of sp³-hybridized carbons (Fsp3) is 0.846. The SMILES string of the molecule is CN(CC1CCOCC1)C(=O)[C@@H]1CC[C@H](C(=O)O)O1. The lowest BCUT2D eigenvalue weighted by molar-refractivity contribution is -0.154. The summed E-state index contributed by atoms with van der Waals surface area (Å²) in [5.74, 6) is -0.614. The molecule has 0 unspecified atom stereocenters. The summed E-state index contributed by atoms with van der Waals surface area (Å²) in [7, 11) is 1.76. The number of hydrogen-bond acceptors (Lipinski definition) is 4. The Morgan fingerprint density at radius 3 is 2.37 bits per heavy atom. The summed E-state index contributed by atoms with van der Waals surface area (Å²) < 4.78 is 10.6. The molecular weight excluding hydrogens is 250 g/mol. The van der Waals surface area contributed by atoms with E-state index in [0.29, 0.717) is 25.3 Å². The molecule has 0 aromatic heterocycles. The maximum atomic E-state index is 12.2. The van der Waals surface area contributed by atoms with Gasteiger partial charge in [-0.25, -0.2) is 4.79 Å². The van der Waals surface area contributed by atoms with E-state index in [1.807, 2.05) is 0 Å². The molecule has 0 aromatic rings. The predicted molar refractivity (Wildman–Crippen MR) is 66.7 cm³/mol. The normalized spacial score (nSPS) is 28.3. The van der Waals surface area contributed by atoms with E-state index in [1.54, 1.807) is 11.9 Å². The third kappa shape index (κ3) is 3.67. The van der Waals surface area contributed by atoms with Crippen LogP contribution in [0.1, 0.15) is 25.7 Å². The van der Waals surface area contributed by atoms with Gasteiger partial charge < -0.3 is 19.5 Å². The minimum absolute atomic E-state index is 0.102. The van der Waals surface area contributed by atoms with Crippen molar-refractivity contribution in [1.29, 1.82) is 0 Å². The van der Waals surface area contributed by atoms with Crippen LogP contribution in [0.5, 0.6) is 0 Å². The molecule has 1 N–H and O–H groups in total. The third-order valence-corrected chi connectivity index (χ3v) is 3.82. The zero-order valence-corrected chi connectivity index (χ0v) is 11.2. The highest BCUT2D eigenvalue weighted by atomic mass is 16.5. The van der Waals surface area contributed by atoms with Gasteiger partial charge in [0.05, 0.1) is 0 Å². The van der Waals surface area contributed by atoms with Gasteiger partial charge in [0.25, 0.3) is 5.91 Å². The van der Waals surface area contributed by atoms with E-state index in [-0.39, 0.29) is 5.91 Å². The molecule has 108 valence electrons. The monoisotopic (exact) mass is 271 g/mol. The van der Waals surface area contributed by atoms with Gasteiger partial charge in [-0.1, -0.05) is 0 Å². The van der Waals surface area contributed by atoms with Gasteiger partial charge in [0.2, 0.25) is 0 Å². The van der Waals surface area contributed by atoms with Crippen molar-refractivity contribution in [1.82, 2.24) is 4.90 Å². The molecule has 2 atom stereocenters. The summed E-state index contributed by atoms with van der Waals surface area (Å²) in [4.78, 5) is 24.6. The number of carboxylic acid groups (broad SMARTS) is 1. The molecule has 0 aromatic carbocycles. The number of hydrogen-bond donors (Lipinski definition) is 1. The second kappa shape index (κ2) is 6.34. The van der Waals surface area contributed by atoms with Crippen LogP contribution in [0.4, 0.5) is 0 Å². The zero-order valence-electron chi connectivity index (χ0n) is 11.2. The number of nitrogens with zero attached hydrogens (tertiary/aromatic N) is 1. The Morgan fingerprint density at radius 2 is 1.79 bits per heavy atom. The van der Waals surface area contributed by atoms with Crippen LogP contribution in [0.3, 0.4) is 0 Å². The fourth-order valence-corrected chi connectivity index (χ4v) is 2.65. The Kier molecular flexibility index (Phi) is 4.76. The number of rotatable bonds is 4. The third-order valence-electron chi connectivity index (χ3n) is 3.82. The molecular formula is C13H21NO5. The largest absolute Gasteiger partial charge is 0.479 e. The lowest BCUT2D eigenvalue weighted by Crippen LogP contribution is -2.40. The lowest BCUT2D eigenvalue weighted by atomic mass is 9.99. The first-order valence-electron chi connectivity index (χ1n) is 6.79. The van der Waals surface area contributed by atoms with Gasteiger partial charge in [0, 0.05) is 26.8 Å². The first-order valence-corrected chi connectivity index (χ1v) is 6.79. The second-order valence-corrected chi connectivity index (χ2v) is 5.30. The van der Waals surface area contributed by atoms with Crippen molar-refractivity contribution < 1.29 is 24.2 Å². The Morgan fingerprint density at radius 1 is 1.16 bits per heavy atom. The molecule has 0 radical (unpaired) electrons. The fourth-order valence-electron chi connectivity index (χ4n) is 2.65. The molecule has 2 fully saturated rings. The van der Waals surface area contributed by atoms with Crippen molar-refractivity contribution in [2.75, 3.05) is 26.8 Å². The molecule has 1 amide bonds. The van der Waals surface area contributed by atoms with Crippen LogP contribution in [0.25, 0.3) is 0 Å². The number of amides is 1. The molecule has 2 aliphatic heterocycles. The smallest absolute Gasteiger partial charge is 0.332 e. The quantitative estimate of drug-likeness (QED) is 0.806. The van der Waals surface area contributed by atoms with Gasteiger partial charge in [-0.05, 0) is 31.6 Å². The number of ether oxygens (including phenoxy) is 2. The maximum absolute atomic E-state index is 12.2. The molecule has 2 aliphatic rings. The van der Waals surface area contributed by atoms with Gasteiger partial charge in [-0.3, -0.25) is 4.79 Å². The van der Waals surface area contributed by atoms with Crippen LogP contribution < -0.4 is 0 Å². The van der Waals surface area contributed by atoms with Gasteiger partial charge in [-0.15, -0.1) is 0 Å². The summed E-state index contributed by atoms with van der Waals surface area (Å²) in [6, 6.07) is 0. The van der Waals surface area contributed by atoms with Gasteiger partial charge in [0.15, 0.2) is 6.10 Å². The Balaban J connectivity index is 1.80. The molecule has 2 heterocycles. The highest BCUT2D eigenvalue weighted by Gasteiger charge is 2.36. The Hall–Kier alpha value is -1.14. The molecule has 0 aliphatic carbocycles. The van der Waals surface area contributed by atoms with E-state index in [0.717, 1.165) is 26.1 Å². The van der Waals surface area contributed by atoms with Crippen molar-refractivity contribution in [2.24, 2.45) is 5.92 Å². The summed E-state index contributed by atoms with van der Waals surface area (Å²) in [6.45, 7) is 2.21. The van der Waals surface area contributed by atoms with E-state index in [1.165, 1.54) is 0 Å². The van der Waals surface area contributed by atoms with Crippen molar-refractivity contribution in [3.05, 3.63) is 0 Å². The summed E-state index contributed by atoms with van der Waals surface area (Å²) in [6.07, 6.45) is 1.43. The first kappa shape index (κ1) is 14.3. The first-order chi connectivity index (χ1) is 9.08. The molecule has 2 rings (SSSR count). The Labute approximate surface area is 112 Å². The number of carbonyl (C=O) groups is 2. The minimum Gasteiger partial charge on any atom is -0.479 e. The highest BCUT2D eigenvalue weighted by molar-refractivity contribution is 5.82. The minimum atomic E-state index is -0.984. The number of likely N-dealkylation sites (N-methyl/N-ethyl adjacent to an activating group) is 1. The van der Waals surface area contributed by atoms with Gasteiger partial charge >= 0.3 is 5.97 Å². The van der Waals surface area contributed by atoms with Crippen molar-refractivity contribution >= 4 is 11.9 Å². The predicted octanol–water partition coefficient (Wildman–Crippen LogP) is 0.504.